The standard InChI is InChI=1S/C28H25FN8/c1-37(2)14-24(30)18-5-17(6-20(29)7-18)23-12-31-13-27-21(23)9-26(34-27)28-22-8-16(3-4-25(22)35-36-28)19-10-32-15-33-11-19/h3-13,15,24,34H,14,30H2,1-2H3,(H,35,36). The molecule has 4 heterocycles. The molecule has 6 aromatic rings. The van der Waals surface area contributed by atoms with Crippen LogP contribution in [0, 0.1) is 5.82 Å². The van der Waals surface area contributed by atoms with E-state index in [0.717, 1.165) is 61.0 Å². The number of hydrogen-bond acceptors (Lipinski definition) is 6. The summed E-state index contributed by atoms with van der Waals surface area (Å²) in [6.45, 7) is 0.614. The smallest absolute Gasteiger partial charge is 0.124 e. The lowest BCUT2D eigenvalue weighted by molar-refractivity contribution is 0.376. The molecule has 184 valence electrons. The zero-order valence-corrected chi connectivity index (χ0v) is 20.4. The third-order valence-corrected chi connectivity index (χ3v) is 6.48. The van der Waals surface area contributed by atoms with Crippen molar-refractivity contribution in [2.75, 3.05) is 20.6 Å². The van der Waals surface area contributed by atoms with Gasteiger partial charge in [0.1, 0.15) is 17.8 Å². The first-order chi connectivity index (χ1) is 18.0. The quantitative estimate of drug-likeness (QED) is 0.304. The SMILES string of the molecule is CN(C)CC(N)c1cc(F)cc(-c2cncc3[nH]c(-c4n[nH]c5ccc(-c6cncnc6)cc45)cc23)c1. The molecule has 9 heteroatoms. The Hall–Kier alpha value is -4.47. The van der Waals surface area contributed by atoms with E-state index in [-0.39, 0.29) is 11.9 Å². The first-order valence-corrected chi connectivity index (χ1v) is 11.9. The lowest BCUT2D eigenvalue weighted by Crippen LogP contribution is -2.26. The Kier molecular flexibility index (Phi) is 5.71. The van der Waals surface area contributed by atoms with Crippen LogP contribution in [-0.4, -0.2) is 55.7 Å². The Balaban J connectivity index is 1.45. The number of fused-ring (bicyclic) bond motifs is 2. The summed E-state index contributed by atoms with van der Waals surface area (Å²) in [4.78, 5) is 18.1. The molecule has 8 nitrogen and oxygen atoms in total. The van der Waals surface area contributed by atoms with E-state index in [4.69, 9.17) is 5.73 Å². The Morgan fingerprint density at radius 2 is 1.70 bits per heavy atom. The summed E-state index contributed by atoms with van der Waals surface area (Å²) in [7, 11) is 3.89. The van der Waals surface area contributed by atoms with E-state index >= 15 is 0 Å². The van der Waals surface area contributed by atoms with Gasteiger partial charge in [-0.05, 0) is 67.2 Å². The number of likely N-dealkylation sites (N-methyl/N-ethyl adjacent to an activating group) is 1. The van der Waals surface area contributed by atoms with E-state index in [2.05, 4.69) is 36.2 Å². The summed E-state index contributed by atoms with van der Waals surface area (Å²) in [6.07, 6.45) is 8.60. The molecule has 0 saturated carbocycles. The Morgan fingerprint density at radius 3 is 2.51 bits per heavy atom. The number of nitrogens with one attached hydrogen (secondary N) is 2. The molecule has 37 heavy (non-hydrogen) atoms. The Labute approximate surface area is 212 Å². The van der Waals surface area contributed by atoms with Crippen molar-refractivity contribution in [1.29, 1.82) is 0 Å². The fourth-order valence-corrected chi connectivity index (χ4v) is 4.74. The van der Waals surface area contributed by atoms with Gasteiger partial charge in [0.15, 0.2) is 0 Å². The minimum absolute atomic E-state index is 0.307. The van der Waals surface area contributed by atoms with Gasteiger partial charge in [0, 0.05) is 53.1 Å². The van der Waals surface area contributed by atoms with Gasteiger partial charge in [0.2, 0.25) is 0 Å². The summed E-state index contributed by atoms with van der Waals surface area (Å²) in [5.74, 6) is -0.329. The number of halogens is 1. The van der Waals surface area contributed by atoms with Crippen LogP contribution in [0.2, 0.25) is 0 Å². The summed E-state index contributed by atoms with van der Waals surface area (Å²) in [5.41, 5.74) is 13.9. The van der Waals surface area contributed by atoms with Crippen molar-refractivity contribution in [3.8, 4) is 33.6 Å². The number of aromatic nitrogens is 6. The van der Waals surface area contributed by atoms with Crippen molar-refractivity contribution in [2.45, 2.75) is 6.04 Å². The number of pyridine rings is 1. The van der Waals surface area contributed by atoms with E-state index in [9.17, 15) is 4.39 Å². The van der Waals surface area contributed by atoms with Crippen LogP contribution in [0.5, 0.6) is 0 Å². The molecule has 1 unspecified atom stereocenters. The van der Waals surface area contributed by atoms with Crippen LogP contribution < -0.4 is 5.73 Å². The predicted molar refractivity (Wildman–Crippen MR) is 143 cm³/mol. The van der Waals surface area contributed by atoms with Crippen LogP contribution in [0.3, 0.4) is 0 Å². The lowest BCUT2D eigenvalue weighted by Gasteiger charge is -2.18. The molecule has 0 aliphatic heterocycles. The molecule has 1 atom stereocenters. The van der Waals surface area contributed by atoms with Gasteiger partial charge in [0.05, 0.1) is 22.9 Å². The third-order valence-electron chi connectivity index (χ3n) is 6.48. The summed E-state index contributed by atoms with van der Waals surface area (Å²) < 4.78 is 14.7. The van der Waals surface area contributed by atoms with Crippen molar-refractivity contribution in [2.24, 2.45) is 5.73 Å². The highest BCUT2D eigenvalue weighted by atomic mass is 19.1. The molecular weight excluding hydrogens is 467 g/mol. The van der Waals surface area contributed by atoms with E-state index < -0.39 is 0 Å². The fourth-order valence-electron chi connectivity index (χ4n) is 4.74. The number of H-pyrrole nitrogens is 2. The summed E-state index contributed by atoms with van der Waals surface area (Å²) in [5, 5.41) is 9.59. The van der Waals surface area contributed by atoms with Gasteiger partial charge in [-0.1, -0.05) is 6.07 Å². The molecule has 0 aliphatic rings. The monoisotopic (exact) mass is 492 g/mol. The molecule has 0 saturated heterocycles. The second kappa shape index (κ2) is 9.20. The average Bonchev–Trinajstić information content (AvgIpc) is 3.52. The molecule has 0 bridgehead atoms. The molecule has 4 aromatic heterocycles. The van der Waals surface area contributed by atoms with Gasteiger partial charge in [-0.25, -0.2) is 14.4 Å². The van der Waals surface area contributed by atoms with Crippen LogP contribution in [0.1, 0.15) is 11.6 Å². The maximum atomic E-state index is 14.7. The highest BCUT2D eigenvalue weighted by molar-refractivity contribution is 6.01. The minimum Gasteiger partial charge on any atom is -0.352 e. The highest BCUT2D eigenvalue weighted by Crippen LogP contribution is 2.35. The lowest BCUT2D eigenvalue weighted by atomic mass is 9.98. The number of nitrogens with two attached hydrogens (primary N) is 1. The number of nitrogens with zero attached hydrogens (tertiary/aromatic N) is 5. The van der Waals surface area contributed by atoms with Crippen LogP contribution >= 0.6 is 0 Å². The van der Waals surface area contributed by atoms with E-state index in [0.29, 0.717) is 6.54 Å². The first-order valence-electron chi connectivity index (χ1n) is 11.9. The van der Waals surface area contributed by atoms with Crippen LogP contribution in [-0.2, 0) is 0 Å². The molecule has 0 spiro atoms. The van der Waals surface area contributed by atoms with Crippen molar-refractivity contribution in [1.82, 2.24) is 35.0 Å². The summed E-state index contributed by atoms with van der Waals surface area (Å²) in [6, 6.07) is 12.8. The number of rotatable bonds is 6. The second-order valence-electron chi connectivity index (χ2n) is 9.43. The molecular formula is C28H25FN8. The van der Waals surface area contributed by atoms with E-state index in [1.54, 1.807) is 24.8 Å². The molecule has 0 amide bonds. The van der Waals surface area contributed by atoms with Crippen molar-refractivity contribution in [3.05, 3.63) is 85.0 Å². The molecule has 4 N–H and O–H groups in total. The van der Waals surface area contributed by atoms with Gasteiger partial charge in [0.25, 0.3) is 0 Å². The maximum Gasteiger partial charge on any atom is 0.124 e. The van der Waals surface area contributed by atoms with Gasteiger partial charge in [-0.3, -0.25) is 10.1 Å². The molecule has 0 radical (unpaired) electrons. The summed E-state index contributed by atoms with van der Waals surface area (Å²) >= 11 is 0. The highest BCUT2D eigenvalue weighted by Gasteiger charge is 2.17. The van der Waals surface area contributed by atoms with Gasteiger partial charge in [-0.15, -0.1) is 0 Å². The average molecular weight is 493 g/mol. The molecule has 6 rings (SSSR count). The Bertz CT molecular complexity index is 1720. The van der Waals surface area contributed by atoms with Crippen molar-refractivity contribution >= 4 is 21.8 Å². The zero-order valence-electron chi connectivity index (χ0n) is 20.4. The van der Waals surface area contributed by atoms with Gasteiger partial charge >= 0.3 is 0 Å². The van der Waals surface area contributed by atoms with Crippen LogP contribution in [0.25, 0.3) is 55.4 Å². The van der Waals surface area contributed by atoms with Crippen molar-refractivity contribution < 1.29 is 4.39 Å². The number of benzene rings is 2. The first kappa shape index (κ1) is 23.0. The number of aromatic amines is 2. The van der Waals surface area contributed by atoms with Crippen LogP contribution in [0.4, 0.5) is 4.39 Å². The predicted octanol–water partition coefficient (Wildman–Crippen LogP) is 4.93. The topological polar surface area (TPSA) is 112 Å². The maximum absolute atomic E-state index is 14.7. The largest absolute Gasteiger partial charge is 0.352 e. The molecule has 0 fully saturated rings. The second-order valence-corrected chi connectivity index (χ2v) is 9.43. The zero-order chi connectivity index (χ0) is 25.5. The van der Waals surface area contributed by atoms with E-state index in [1.807, 2.05) is 43.3 Å². The van der Waals surface area contributed by atoms with Gasteiger partial charge in [-0.2, -0.15) is 5.10 Å². The van der Waals surface area contributed by atoms with Gasteiger partial charge < -0.3 is 15.6 Å². The fraction of sp³-hybridized carbons (Fsp3) is 0.143. The third kappa shape index (κ3) is 4.35. The number of hydrogen-bond donors (Lipinski definition) is 3. The van der Waals surface area contributed by atoms with Crippen molar-refractivity contribution in [3.63, 3.8) is 0 Å². The van der Waals surface area contributed by atoms with Crippen LogP contribution in [0.15, 0.2) is 73.6 Å². The minimum atomic E-state index is -0.329. The molecule has 0 aliphatic carbocycles. The normalized spacial score (nSPS) is 12.6. The van der Waals surface area contributed by atoms with E-state index in [1.165, 1.54) is 18.5 Å². The molecule has 2 aromatic carbocycles. The Morgan fingerprint density at radius 1 is 0.865 bits per heavy atom.